The SMILES string of the molecule is C[C@H]1[C@H]2Cc3ccc(N4CCOCC4)cc3[C@]1(C)CCN2CC1CC1. The van der Waals surface area contributed by atoms with Gasteiger partial charge in [0.2, 0.25) is 0 Å². The van der Waals surface area contributed by atoms with Gasteiger partial charge in [-0.3, -0.25) is 4.90 Å². The van der Waals surface area contributed by atoms with Crippen molar-refractivity contribution in [1.82, 2.24) is 4.90 Å². The third-order valence-electron chi connectivity index (χ3n) is 7.67. The molecule has 3 heteroatoms. The Hall–Kier alpha value is -1.06. The minimum atomic E-state index is 0.348. The van der Waals surface area contributed by atoms with E-state index in [1.54, 1.807) is 11.1 Å². The van der Waals surface area contributed by atoms with Gasteiger partial charge in [0, 0.05) is 31.4 Å². The minimum Gasteiger partial charge on any atom is -0.378 e. The maximum absolute atomic E-state index is 5.54. The molecule has 3 nitrogen and oxygen atoms in total. The number of fused-ring (bicyclic) bond motifs is 4. The number of hydrogen-bond acceptors (Lipinski definition) is 3. The summed E-state index contributed by atoms with van der Waals surface area (Å²) < 4.78 is 5.54. The Kier molecular flexibility index (Phi) is 3.87. The van der Waals surface area contributed by atoms with Crippen LogP contribution in [0.25, 0.3) is 0 Å². The van der Waals surface area contributed by atoms with Crippen LogP contribution < -0.4 is 4.90 Å². The molecule has 3 atom stereocenters. The smallest absolute Gasteiger partial charge is 0.0642 e. The van der Waals surface area contributed by atoms with Crippen molar-refractivity contribution in [3.63, 3.8) is 0 Å². The zero-order chi connectivity index (χ0) is 17.0. The second kappa shape index (κ2) is 5.99. The second-order valence-electron chi connectivity index (χ2n) is 9.11. The molecule has 1 aromatic rings. The minimum absolute atomic E-state index is 0.348. The summed E-state index contributed by atoms with van der Waals surface area (Å²) in [6, 6.07) is 8.09. The fourth-order valence-corrected chi connectivity index (χ4v) is 5.57. The molecule has 0 radical (unpaired) electrons. The van der Waals surface area contributed by atoms with Crippen LogP contribution >= 0.6 is 0 Å². The summed E-state index contributed by atoms with van der Waals surface area (Å²) in [6.45, 7) is 11.5. The summed E-state index contributed by atoms with van der Waals surface area (Å²) in [5, 5.41) is 0. The van der Waals surface area contributed by atoms with Gasteiger partial charge in [-0.25, -0.2) is 0 Å². The number of morpholine rings is 1. The Morgan fingerprint density at radius 1 is 1.16 bits per heavy atom. The molecule has 5 rings (SSSR count). The van der Waals surface area contributed by atoms with Gasteiger partial charge in [0.1, 0.15) is 0 Å². The first-order valence-electron chi connectivity index (χ1n) is 10.4. The van der Waals surface area contributed by atoms with E-state index in [0.29, 0.717) is 5.41 Å². The van der Waals surface area contributed by atoms with Crippen molar-refractivity contribution in [2.24, 2.45) is 11.8 Å². The highest BCUT2D eigenvalue weighted by molar-refractivity contribution is 5.55. The lowest BCUT2D eigenvalue weighted by molar-refractivity contribution is 0.0284. The summed E-state index contributed by atoms with van der Waals surface area (Å²) in [5.74, 6) is 1.76. The molecule has 2 bridgehead atoms. The lowest BCUT2D eigenvalue weighted by Gasteiger charge is -2.55. The number of likely N-dealkylation sites (tertiary alicyclic amines) is 1. The number of ether oxygens (including phenoxy) is 1. The van der Waals surface area contributed by atoms with Crippen LogP contribution in [-0.2, 0) is 16.6 Å². The van der Waals surface area contributed by atoms with Crippen LogP contribution in [0.1, 0.15) is 44.2 Å². The molecule has 2 heterocycles. The van der Waals surface area contributed by atoms with Crippen LogP contribution in [0, 0.1) is 11.8 Å². The van der Waals surface area contributed by atoms with E-state index in [0.717, 1.165) is 44.2 Å². The Morgan fingerprint density at radius 3 is 2.72 bits per heavy atom. The summed E-state index contributed by atoms with van der Waals surface area (Å²) >= 11 is 0. The van der Waals surface area contributed by atoms with Gasteiger partial charge >= 0.3 is 0 Å². The van der Waals surface area contributed by atoms with Gasteiger partial charge in [0.05, 0.1) is 13.2 Å². The van der Waals surface area contributed by atoms with E-state index in [4.69, 9.17) is 4.74 Å². The molecular formula is C22H32N2O. The van der Waals surface area contributed by atoms with E-state index in [2.05, 4.69) is 41.8 Å². The van der Waals surface area contributed by atoms with Crippen molar-refractivity contribution >= 4 is 5.69 Å². The predicted octanol–water partition coefficient (Wildman–Crippen LogP) is 3.46. The van der Waals surface area contributed by atoms with Gasteiger partial charge in [-0.15, -0.1) is 0 Å². The molecule has 1 saturated carbocycles. The molecule has 136 valence electrons. The van der Waals surface area contributed by atoms with Gasteiger partial charge in [0.15, 0.2) is 0 Å². The van der Waals surface area contributed by atoms with E-state index in [9.17, 15) is 0 Å². The van der Waals surface area contributed by atoms with Crippen LogP contribution in [0.5, 0.6) is 0 Å². The lowest BCUT2D eigenvalue weighted by Crippen LogP contribution is -2.58. The monoisotopic (exact) mass is 340 g/mol. The van der Waals surface area contributed by atoms with Crippen LogP contribution in [0.4, 0.5) is 5.69 Å². The van der Waals surface area contributed by atoms with Crippen molar-refractivity contribution in [1.29, 1.82) is 0 Å². The van der Waals surface area contributed by atoms with Gasteiger partial charge in [-0.2, -0.15) is 0 Å². The number of hydrogen-bond donors (Lipinski definition) is 0. The molecule has 0 unspecified atom stereocenters. The zero-order valence-corrected chi connectivity index (χ0v) is 15.8. The molecule has 0 amide bonds. The molecule has 2 saturated heterocycles. The molecular weight excluding hydrogens is 308 g/mol. The van der Waals surface area contributed by atoms with Gasteiger partial charge in [-0.05, 0) is 72.7 Å². The normalized spacial score (nSPS) is 35.5. The number of anilines is 1. The summed E-state index contributed by atoms with van der Waals surface area (Å²) in [4.78, 5) is 5.34. The molecule has 2 aliphatic heterocycles. The number of rotatable bonds is 3. The Labute approximate surface area is 152 Å². The fourth-order valence-electron chi connectivity index (χ4n) is 5.57. The first-order chi connectivity index (χ1) is 12.1. The summed E-state index contributed by atoms with van der Waals surface area (Å²) in [6.07, 6.45) is 5.50. The van der Waals surface area contributed by atoms with Crippen LogP contribution in [0.3, 0.4) is 0 Å². The van der Waals surface area contributed by atoms with Crippen molar-refractivity contribution < 1.29 is 4.74 Å². The summed E-state index contributed by atoms with van der Waals surface area (Å²) in [7, 11) is 0. The van der Waals surface area contributed by atoms with E-state index < -0.39 is 0 Å². The van der Waals surface area contributed by atoms with Crippen LogP contribution in [0.2, 0.25) is 0 Å². The third kappa shape index (κ3) is 2.71. The van der Waals surface area contributed by atoms with Gasteiger partial charge < -0.3 is 9.64 Å². The maximum atomic E-state index is 5.54. The average molecular weight is 341 g/mol. The van der Waals surface area contributed by atoms with Crippen LogP contribution in [-0.4, -0.2) is 50.3 Å². The molecule has 0 aromatic heterocycles. The first-order valence-corrected chi connectivity index (χ1v) is 10.4. The fraction of sp³-hybridized carbons (Fsp3) is 0.727. The van der Waals surface area contributed by atoms with E-state index >= 15 is 0 Å². The average Bonchev–Trinajstić information content (AvgIpc) is 3.45. The Balaban J connectivity index is 1.46. The van der Waals surface area contributed by atoms with Gasteiger partial charge in [0.25, 0.3) is 0 Å². The molecule has 0 spiro atoms. The molecule has 25 heavy (non-hydrogen) atoms. The molecule has 2 aliphatic carbocycles. The summed E-state index contributed by atoms with van der Waals surface area (Å²) in [5.41, 5.74) is 5.02. The van der Waals surface area contributed by atoms with E-state index in [-0.39, 0.29) is 0 Å². The maximum Gasteiger partial charge on any atom is 0.0642 e. The predicted molar refractivity (Wildman–Crippen MR) is 102 cm³/mol. The van der Waals surface area contributed by atoms with Gasteiger partial charge in [-0.1, -0.05) is 19.9 Å². The van der Waals surface area contributed by atoms with E-state index in [1.807, 2.05) is 0 Å². The van der Waals surface area contributed by atoms with Crippen molar-refractivity contribution in [3.8, 4) is 0 Å². The Morgan fingerprint density at radius 2 is 1.96 bits per heavy atom. The zero-order valence-electron chi connectivity index (χ0n) is 15.8. The molecule has 4 aliphatic rings. The number of nitrogens with zero attached hydrogens (tertiary/aromatic N) is 2. The van der Waals surface area contributed by atoms with E-state index in [1.165, 1.54) is 44.5 Å². The highest BCUT2D eigenvalue weighted by Crippen LogP contribution is 2.50. The highest BCUT2D eigenvalue weighted by Gasteiger charge is 2.49. The molecule has 1 aromatic carbocycles. The quantitative estimate of drug-likeness (QED) is 0.838. The lowest BCUT2D eigenvalue weighted by atomic mass is 9.59. The Bertz CT molecular complexity index is 649. The van der Waals surface area contributed by atoms with Crippen molar-refractivity contribution in [2.45, 2.75) is 51.0 Å². The topological polar surface area (TPSA) is 15.7 Å². The number of benzene rings is 1. The molecule has 0 N–H and O–H groups in total. The standard InChI is InChI=1S/C22H32N2O/c1-16-21-13-18-5-6-19(23-9-11-25-12-10-23)14-20(18)22(16,2)7-8-24(21)15-17-3-4-17/h5-6,14,16-17,21H,3-4,7-13,15H2,1-2H3/t16-,21+,22+/m0/s1. The van der Waals surface area contributed by atoms with Crippen molar-refractivity contribution in [3.05, 3.63) is 29.3 Å². The highest BCUT2D eigenvalue weighted by atomic mass is 16.5. The third-order valence-corrected chi connectivity index (χ3v) is 7.67. The van der Waals surface area contributed by atoms with Crippen molar-refractivity contribution in [2.75, 3.05) is 44.3 Å². The number of piperidine rings is 1. The molecule has 3 fully saturated rings. The second-order valence-corrected chi connectivity index (χ2v) is 9.11. The van der Waals surface area contributed by atoms with Crippen LogP contribution in [0.15, 0.2) is 18.2 Å². The largest absolute Gasteiger partial charge is 0.378 e. The first kappa shape index (κ1) is 16.1.